The SMILES string of the molecule is CC(C)Oc1ccc(C(C)NC(=O)C2CCC(N)C2)cc1. The molecule has 0 aliphatic heterocycles. The molecule has 1 aromatic rings. The molecule has 0 radical (unpaired) electrons. The van der Waals surface area contributed by atoms with Crippen LogP contribution in [0.2, 0.25) is 0 Å². The molecule has 4 nitrogen and oxygen atoms in total. The Morgan fingerprint density at radius 1 is 1.24 bits per heavy atom. The molecule has 2 rings (SSSR count). The van der Waals surface area contributed by atoms with Gasteiger partial charge in [0.25, 0.3) is 0 Å². The summed E-state index contributed by atoms with van der Waals surface area (Å²) in [6, 6.07) is 8.09. The summed E-state index contributed by atoms with van der Waals surface area (Å²) >= 11 is 0. The van der Waals surface area contributed by atoms with Crippen molar-refractivity contribution >= 4 is 5.91 Å². The number of carbonyl (C=O) groups is 1. The highest BCUT2D eigenvalue weighted by atomic mass is 16.5. The zero-order valence-corrected chi connectivity index (χ0v) is 13.1. The summed E-state index contributed by atoms with van der Waals surface area (Å²) in [5.74, 6) is 1.05. The van der Waals surface area contributed by atoms with E-state index in [1.165, 1.54) is 0 Å². The van der Waals surface area contributed by atoms with Gasteiger partial charge in [-0.25, -0.2) is 0 Å². The maximum Gasteiger partial charge on any atom is 0.223 e. The van der Waals surface area contributed by atoms with Crippen molar-refractivity contribution in [2.45, 2.75) is 58.2 Å². The molecule has 1 amide bonds. The van der Waals surface area contributed by atoms with E-state index in [9.17, 15) is 4.79 Å². The van der Waals surface area contributed by atoms with Gasteiger partial charge in [0.2, 0.25) is 5.91 Å². The van der Waals surface area contributed by atoms with Gasteiger partial charge in [0.05, 0.1) is 12.1 Å². The highest BCUT2D eigenvalue weighted by Gasteiger charge is 2.28. The Balaban J connectivity index is 1.90. The average Bonchev–Trinajstić information content (AvgIpc) is 2.85. The Hall–Kier alpha value is -1.55. The lowest BCUT2D eigenvalue weighted by Gasteiger charge is -2.18. The van der Waals surface area contributed by atoms with Crippen LogP contribution >= 0.6 is 0 Å². The minimum absolute atomic E-state index is 0.00224. The fraction of sp³-hybridized carbons (Fsp3) is 0.588. The van der Waals surface area contributed by atoms with E-state index in [0.717, 1.165) is 30.6 Å². The maximum absolute atomic E-state index is 12.2. The lowest BCUT2D eigenvalue weighted by Crippen LogP contribution is -2.32. The van der Waals surface area contributed by atoms with E-state index in [4.69, 9.17) is 10.5 Å². The second-order valence-corrected chi connectivity index (χ2v) is 6.24. The summed E-state index contributed by atoms with van der Waals surface area (Å²) in [6.07, 6.45) is 2.83. The zero-order valence-electron chi connectivity index (χ0n) is 13.1. The van der Waals surface area contributed by atoms with Crippen LogP contribution in [0, 0.1) is 5.92 Å². The van der Waals surface area contributed by atoms with Crippen molar-refractivity contribution < 1.29 is 9.53 Å². The van der Waals surface area contributed by atoms with E-state index in [2.05, 4.69) is 5.32 Å². The highest BCUT2D eigenvalue weighted by Crippen LogP contribution is 2.25. The van der Waals surface area contributed by atoms with Gasteiger partial charge in [-0.05, 0) is 57.7 Å². The Morgan fingerprint density at radius 2 is 1.90 bits per heavy atom. The number of hydrogen-bond donors (Lipinski definition) is 2. The monoisotopic (exact) mass is 290 g/mol. The van der Waals surface area contributed by atoms with E-state index >= 15 is 0 Å². The molecule has 1 saturated carbocycles. The van der Waals surface area contributed by atoms with Gasteiger partial charge in [0.15, 0.2) is 0 Å². The van der Waals surface area contributed by atoms with Gasteiger partial charge in [-0.15, -0.1) is 0 Å². The third-order valence-corrected chi connectivity index (χ3v) is 3.95. The van der Waals surface area contributed by atoms with Crippen LogP contribution in [0.4, 0.5) is 0 Å². The normalized spacial score (nSPS) is 23.1. The first-order valence-corrected chi connectivity index (χ1v) is 7.78. The van der Waals surface area contributed by atoms with Crippen molar-refractivity contribution in [1.29, 1.82) is 0 Å². The zero-order chi connectivity index (χ0) is 15.4. The molecule has 0 aromatic heterocycles. The van der Waals surface area contributed by atoms with Crippen molar-refractivity contribution in [3.63, 3.8) is 0 Å². The summed E-state index contributed by atoms with van der Waals surface area (Å²) in [6.45, 7) is 6.01. The molecule has 0 saturated heterocycles. The molecule has 0 heterocycles. The summed E-state index contributed by atoms with van der Waals surface area (Å²) in [5.41, 5.74) is 6.95. The quantitative estimate of drug-likeness (QED) is 0.876. The standard InChI is InChI=1S/C17H26N2O2/c1-11(2)21-16-8-5-13(6-9-16)12(3)19-17(20)14-4-7-15(18)10-14/h5-6,8-9,11-12,14-15H,4,7,10,18H2,1-3H3,(H,19,20). The molecule has 3 N–H and O–H groups in total. The number of hydrogen-bond acceptors (Lipinski definition) is 3. The molecule has 4 heteroatoms. The third-order valence-electron chi connectivity index (χ3n) is 3.95. The van der Waals surface area contributed by atoms with Crippen molar-refractivity contribution in [2.24, 2.45) is 11.7 Å². The van der Waals surface area contributed by atoms with Crippen LogP contribution < -0.4 is 15.8 Å². The molecule has 116 valence electrons. The van der Waals surface area contributed by atoms with Crippen LogP contribution in [0.1, 0.15) is 51.6 Å². The number of rotatable bonds is 5. The van der Waals surface area contributed by atoms with E-state index < -0.39 is 0 Å². The van der Waals surface area contributed by atoms with Crippen LogP contribution in [0.3, 0.4) is 0 Å². The number of nitrogens with one attached hydrogen (secondary N) is 1. The molecule has 1 fully saturated rings. The molecular formula is C17H26N2O2. The average molecular weight is 290 g/mol. The number of ether oxygens (including phenoxy) is 1. The molecule has 1 aliphatic carbocycles. The minimum atomic E-state index is 0.00224. The Kier molecular flexibility index (Phi) is 5.23. The lowest BCUT2D eigenvalue weighted by molar-refractivity contribution is -0.125. The first-order chi connectivity index (χ1) is 9.95. The number of carbonyl (C=O) groups excluding carboxylic acids is 1. The Bertz CT molecular complexity index is 470. The van der Waals surface area contributed by atoms with Gasteiger partial charge < -0.3 is 15.8 Å². The van der Waals surface area contributed by atoms with Gasteiger partial charge >= 0.3 is 0 Å². The van der Waals surface area contributed by atoms with Crippen molar-refractivity contribution in [1.82, 2.24) is 5.32 Å². The summed E-state index contributed by atoms with van der Waals surface area (Å²) in [7, 11) is 0. The second kappa shape index (κ2) is 6.94. The van der Waals surface area contributed by atoms with Crippen molar-refractivity contribution in [3.8, 4) is 5.75 Å². The smallest absolute Gasteiger partial charge is 0.223 e. The molecule has 1 aliphatic rings. The summed E-state index contributed by atoms with van der Waals surface area (Å²) in [4.78, 5) is 12.2. The lowest BCUT2D eigenvalue weighted by atomic mass is 10.0. The Morgan fingerprint density at radius 3 is 2.43 bits per heavy atom. The van der Waals surface area contributed by atoms with Crippen LogP contribution in [-0.2, 0) is 4.79 Å². The number of benzene rings is 1. The topological polar surface area (TPSA) is 64.3 Å². The minimum Gasteiger partial charge on any atom is -0.491 e. The predicted molar refractivity (Wildman–Crippen MR) is 84.1 cm³/mol. The van der Waals surface area contributed by atoms with E-state index in [1.807, 2.05) is 45.0 Å². The predicted octanol–water partition coefficient (Wildman–Crippen LogP) is 2.78. The van der Waals surface area contributed by atoms with Crippen molar-refractivity contribution in [3.05, 3.63) is 29.8 Å². The van der Waals surface area contributed by atoms with Crippen LogP contribution in [0.15, 0.2) is 24.3 Å². The van der Waals surface area contributed by atoms with Crippen LogP contribution in [-0.4, -0.2) is 18.1 Å². The van der Waals surface area contributed by atoms with Crippen LogP contribution in [0.25, 0.3) is 0 Å². The first kappa shape index (κ1) is 15.8. The van der Waals surface area contributed by atoms with E-state index in [0.29, 0.717) is 0 Å². The molecule has 0 bridgehead atoms. The van der Waals surface area contributed by atoms with E-state index in [-0.39, 0.29) is 30.0 Å². The fourth-order valence-corrected chi connectivity index (χ4v) is 2.78. The third kappa shape index (κ3) is 4.46. The van der Waals surface area contributed by atoms with Crippen molar-refractivity contribution in [2.75, 3.05) is 0 Å². The Labute approximate surface area is 127 Å². The molecule has 0 spiro atoms. The number of nitrogens with two attached hydrogens (primary N) is 1. The van der Waals surface area contributed by atoms with Gasteiger partial charge in [-0.2, -0.15) is 0 Å². The molecular weight excluding hydrogens is 264 g/mol. The first-order valence-electron chi connectivity index (χ1n) is 7.78. The molecule has 3 atom stereocenters. The van der Waals surface area contributed by atoms with Crippen LogP contribution in [0.5, 0.6) is 5.75 Å². The summed E-state index contributed by atoms with van der Waals surface area (Å²) in [5, 5.41) is 3.08. The van der Waals surface area contributed by atoms with Gasteiger partial charge in [0.1, 0.15) is 5.75 Å². The number of amides is 1. The maximum atomic E-state index is 12.2. The molecule has 3 unspecified atom stereocenters. The van der Waals surface area contributed by atoms with Gasteiger partial charge in [-0.1, -0.05) is 12.1 Å². The molecule has 21 heavy (non-hydrogen) atoms. The van der Waals surface area contributed by atoms with Gasteiger partial charge in [0, 0.05) is 12.0 Å². The fourth-order valence-electron chi connectivity index (χ4n) is 2.78. The second-order valence-electron chi connectivity index (χ2n) is 6.24. The largest absolute Gasteiger partial charge is 0.491 e. The summed E-state index contributed by atoms with van der Waals surface area (Å²) < 4.78 is 5.62. The van der Waals surface area contributed by atoms with Gasteiger partial charge in [-0.3, -0.25) is 4.79 Å². The highest BCUT2D eigenvalue weighted by molar-refractivity contribution is 5.79. The van der Waals surface area contributed by atoms with E-state index in [1.54, 1.807) is 0 Å². The molecule has 1 aromatic carbocycles.